The molecule has 1 saturated carbocycles. The number of rotatable bonds is 6. The smallest absolute Gasteiger partial charge is 0.326 e. The summed E-state index contributed by atoms with van der Waals surface area (Å²) in [5, 5.41) is 10.3. The lowest BCUT2D eigenvalue weighted by Crippen LogP contribution is -2.46. The molecular weight excluding hydrogens is 478 g/mol. The van der Waals surface area contributed by atoms with Gasteiger partial charge in [-0.05, 0) is 62.3 Å². The number of hydrogen-bond donors (Lipinski definition) is 2. The molecule has 8 nitrogen and oxygen atoms in total. The highest BCUT2D eigenvalue weighted by atomic mass is 32.2. The van der Waals surface area contributed by atoms with Crippen LogP contribution in [-0.4, -0.2) is 53.5 Å². The van der Waals surface area contributed by atoms with Gasteiger partial charge in [-0.1, -0.05) is 36.4 Å². The van der Waals surface area contributed by atoms with Gasteiger partial charge in [0.1, 0.15) is 6.04 Å². The molecule has 0 bridgehead atoms. The first-order valence-corrected chi connectivity index (χ1v) is 13.9. The summed E-state index contributed by atoms with van der Waals surface area (Å²) in [4.78, 5) is 26.1. The molecule has 2 aliphatic rings. The Bertz CT molecular complexity index is 1390. The number of hydrogen-bond acceptors (Lipinski definition) is 4. The highest BCUT2D eigenvalue weighted by Gasteiger charge is 2.38. The molecule has 5 rings (SSSR count). The van der Waals surface area contributed by atoms with Gasteiger partial charge in [0.05, 0.1) is 4.90 Å². The zero-order valence-corrected chi connectivity index (χ0v) is 21.1. The maximum absolute atomic E-state index is 13.2. The number of likely N-dealkylation sites (tertiary alicyclic amines) is 1. The van der Waals surface area contributed by atoms with Crippen molar-refractivity contribution in [2.24, 2.45) is 13.0 Å². The van der Waals surface area contributed by atoms with Crippen molar-refractivity contribution in [2.75, 3.05) is 6.54 Å². The Morgan fingerprint density at radius 3 is 2.39 bits per heavy atom. The summed E-state index contributed by atoms with van der Waals surface area (Å²) in [7, 11) is -1.80. The molecule has 2 aromatic carbocycles. The number of carbonyl (C=O) groups excluding carboxylic acids is 1. The van der Waals surface area contributed by atoms with Crippen LogP contribution in [0.4, 0.5) is 0 Å². The van der Waals surface area contributed by atoms with E-state index in [1.54, 1.807) is 12.1 Å². The van der Waals surface area contributed by atoms with Gasteiger partial charge < -0.3 is 14.6 Å². The second-order valence-corrected chi connectivity index (χ2v) is 11.6. The van der Waals surface area contributed by atoms with E-state index in [0.717, 1.165) is 22.2 Å². The lowest BCUT2D eigenvalue weighted by Gasteiger charge is -2.32. The molecule has 2 heterocycles. The molecule has 1 aliphatic heterocycles. The van der Waals surface area contributed by atoms with Crippen LogP contribution in [0.3, 0.4) is 0 Å². The zero-order chi connectivity index (χ0) is 25.4. The Balaban J connectivity index is 1.26. The van der Waals surface area contributed by atoms with Crippen LogP contribution in [0.1, 0.15) is 38.5 Å². The minimum atomic E-state index is -3.73. The van der Waals surface area contributed by atoms with Gasteiger partial charge in [0.25, 0.3) is 0 Å². The van der Waals surface area contributed by atoms with Gasteiger partial charge in [0.2, 0.25) is 15.9 Å². The average Bonchev–Trinajstić information content (AvgIpc) is 3.49. The molecule has 2 N–H and O–H groups in total. The van der Waals surface area contributed by atoms with Gasteiger partial charge in [-0.3, -0.25) is 4.79 Å². The Morgan fingerprint density at radius 1 is 0.972 bits per heavy atom. The average molecular weight is 510 g/mol. The van der Waals surface area contributed by atoms with Crippen molar-refractivity contribution in [1.29, 1.82) is 0 Å². The fourth-order valence-corrected chi connectivity index (χ4v) is 6.95. The van der Waals surface area contributed by atoms with E-state index in [9.17, 15) is 23.1 Å². The number of fused-ring (bicyclic) bond motifs is 1. The van der Waals surface area contributed by atoms with E-state index in [2.05, 4.69) is 10.8 Å². The molecule has 3 aromatic rings. The Kier molecular flexibility index (Phi) is 6.61. The first kappa shape index (κ1) is 24.5. The molecular formula is C27H31N3O5S. The largest absolute Gasteiger partial charge is 0.480 e. The second-order valence-electron chi connectivity index (χ2n) is 9.87. The summed E-state index contributed by atoms with van der Waals surface area (Å²) in [6.45, 7) is 0.482. The van der Waals surface area contributed by atoms with Crippen molar-refractivity contribution in [1.82, 2.24) is 14.2 Å². The molecule has 0 spiro atoms. The van der Waals surface area contributed by atoms with Crippen LogP contribution in [0.25, 0.3) is 22.2 Å². The number of aryl methyl sites for hydroxylation is 1. The molecule has 9 heteroatoms. The lowest BCUT2D eigenvalue weighted by molar-refractivity contribution is -0.150. The van der Waals surface area contributed by atoms with Gasteiger partial charge in [0, 0.05) is 42.1 Å². The quantitative estimate of drug-likeness (QED) is 0.526. The van der Waals surface area contributed by atoms with Crippen LogP contribution >= 0.6 is 0 Å². The number of nitrogens with zero attached hydrogens (tertiary/aromatic N) is 2. The van der Waals surface area contributed by atoms with E-state index in [4.69, 9.17) is 0 Å². The number of nitrogens with one attached hydrogen (secondary N) is 1. The molecule has 1 unspecified atom stereocenters. The van der Waals surface area contributed by atoms with E-state index < -0.39 is 22.0 Å². The predicted molar refractivity (Wildman–Crippen MR) is 137 cm³/mol. The summed E-state index contributed by atoms with van der Waals surface area (Å²) in [5.74, 6) is -1.31. The standard InChI is InChI=1S/C27H31N3O5S/c1-29-24(18-6-3-2-4-7-18)16-20-11-14-22(17-25(20)29)36(34,35)28-21-12-9-19(10-13-21)26(31)30-15-5-8-23(30)27(32)33/h2-4,6-7,11,14,16-17,19,21,23,28H,5,8-10,12-13,15H2,1H3,(H,32,33)/t19-,21-,23?. The van der Waals surface area contributed by atoms with Crippen molar-refractivity contribution in [3.05, 3.63) is 54.6 Å². The first-order valence-electron chi connectivity index (χ1n) is 12.4. The summed E-state index contributed by atoms with van der Waals surface area (Å²) in [6.07, 6.45) is 3.39. The van der Waals surface area contributed by atoms with E-state index in [1.165, 1.54) is 4.90 Å². The van der Waals surface area contributed by atoms with Gasteiger partial charge in [-0.2, -0.15) is 0 Å². The van der Waals surface area contributed by atoms with Crippen LogP contribution in [-0.2, 0) is 26.7 Å². The highest BCUT2D eigenvalue weighted by molar-refractivity contribution is 7.89. The molecule has 0 radical (unpaired) electrons. The number of benzene rings is 2. The Morgan fingerprint density at radius 2 is 1.69 bits per heavy atom. The summed E-state index contributed by atoms with van der Waals surface area (Å²) >= 11 is 0. The Hall–Kier alpha value is -3.17. The SMILES string of the molecule is Cn1c(-c2ccccc2)cc2ccc(S(=O)(=O)N[C@H]3CC[C@H](C(=O)N4CCCC4C(=O)O)CC3)cc21. The number of sulfonamides is 1. The topological polar surface area (TPSA) is 109 Å². The van der Waals surface area contributed by atoms with Gasteiger partial charge in [0.15, 0.2) is 0 Å². The van der Waals surface area contributed by atoms with E-state index in [0.29, 0.717) is 45.1 Å². The second kappa shape index (κ2) is 9.71. The van der Waals surface area contributed by atoms with Gasteiger partial charge in [-0.15, -0.1) is 0 Å². The van der Waals surface area contributed by atoms with Crippen molar-refractivity contribution >= 4 is 32.8 Å². The zero-order valence-electron chi connectivity index (χ0n) is 20.3. The number of aliphatic carboxylic acids is 1. The predicted octanol–water partition coefficient (Wildman–Crippen LogP) is 3.76. The molecule has 1 atom stereocenters. The maximum Gasteiger partial charge on any atom is 0.326 e. The number of amides is 1. The number of carbonyl (C=O) groups is 2. The minimum absolute atomic E-state index is 0.107. The van der Waals surface area contributed by atoms with Gasteiger partial charge >= 0.3 is 5.97 Å². The van der Waals surface area contributed by atoms with Crippen LogP contribution in [0.15, 0.2) is 59.5 Å². The van der Waals surface area contributed by atoms with E-state index in [-0.39, 0.29) is 22.8 Å². The van der Waals surface area contributed by atoms with E-state index in [1.807, 2.05) is 48.0 Å². The summed E-state index contributed by atoms with van der Waals surface area (Å²) < 4.78 is 31.3. The molecule has 1 amide bonds. The van der Waals surface area contributed by atoms with Crippen molar-refractivity contribution in [2.45, 2.75) is 55.5 Å². The maximum atomic E-state index is 13.2. The highest BCUT2D eigenvalue weighted by Crippen LogP contribution is 2.31. The molecule has 36 heavy (non-hydrogen) atoms. The molecule has 2 fully saturated rings. The molecule has 190 valence electrons. The van der Waals surface area contributed by atoms with Crippen LogP contribution < -0.4 is 4.72 Å². The Labute approximate surface area is 211 Å². The van der Waals surface area contributed by atoms with Gasteiger partial charge in [-0.25, -0.2) is 17.9 Å². The van der Waals surface area contributed by atoms with Crippen LogP contribution in [0.2, 0.25) is 0 Å². The molecule has 1 aromatic heterocycles. The normalized spacial score (nSPS) is 22.7. The van der Waals surface area contributed by atoms with Crippen molar-refractivity contribution in [3.8, 4) is 11.3 Å². The first-order chi connectivity index (χ1) is 17.2. The van der Waals surface area contributed by atoms with Crippen molar-refractivity contribution in [3.63, 3.8) is 0 Å². The lowest BCUT2D eigenvalue weighted by atomic mass is 9.85. The third-order valence-corrected chi connectivity index (χ3v) is 9.13. The third kappa shape index (κ3) is 4.65. The van der Waals surface area contributed by atoms with Crippen LogP contribution in [0, 0.1) is 5.92 Å². The number of aromatic nitrogens is 1. The summed E-state index contributed by atoms with van der Waals surface area (Å²) in [5.41, 5.74) is 2.91. The summed E-state index contributed by atoms with van der Waals surface area (Å²) in [6, 6.07) is 16.2. The van der Waals surface area contributed by atoms with Crippen LogP contribution in [0.5, 0.6) is 0 Å². The van der Waals surface area contributed by atoms with Crippen molar-refractivity contribution < 1.29 is 23.1 Å². The number of carboxylic acids is 1. The number of carboxylic acid groups (broad SMARTS) is 1. The third-order valence-electron chi connectivity index (χ3n) is 7.62. The molecule has 1 saturated heterocycles. The monoisotopic (exact) mass is 509 g/mol. The fourth-order valence-electron chi connectivity index (χ4n) is 5.63. The molecule has 1 aliphatic carbocycles. The van der Waals surface area contributed by atoms with E-state index >= 15 is 0 Å². The fraction of sp³-hybridized carbons (Fsp3) is 0.407. The minimum Gasteiger partial charge on any atom is -0.480 e.